The zero-order chi connectivity index (χ0) is 9.14. The summed E-state index contributed by atoms with van der Waals surface area (Å²) in [4.78, 5) is 10.4. The van der Waals surface area contributed by atoms with Crippen LogP contribution in [0.1, 0.15) is 23.6 Å². The van der Waals surface area contributed by atoms with Crippen LogP contribution in [-0.2, 0) is 58.6 Å². The molecule has 0 heterocycles. The van der Waals surface area contributed by atoms with E-state index < -0.39 is 0 Å². The number of hydrogen-bond donors (Lipinski definition) is 0. The van der Waals surface area contributed by atoms with Gasteiger partial charge in [-0.2, -0.15) is 0 Å². The van der Waals surface area contributed by atoms with Crippen LogP contribution < -0.4 is 0 Å². The van der Waals surface area contributed by atoms with Crippen LogP contribution in [0.2, 0.25) is 0 Å². The maximum atomic E-state index is 10.4. The Morgan fingerprint density at radius 2 is 2.00 bits per heavy atom. The van der Waals surface area contributed by atoms with Gasteiger partial charge in [0.25, 0.3) is 0 Å². The molecule has 1 aromatic carbocycles. The van der Waals surface area contributed by atoms with Crippen molar-refractivity contribution in [1.82, 2.24) is 0 Å². The fourth-order valence-electron chi connectivity index (χ4n) is 1.05. The Labute approximate surface area is 124 Å². The second-order valence-corrected chi connectivity index (χ2v) is 2.82. The molecule has 0 aliphatic heterocycles. The van der Waals surface area contributed by atoms with Gasteiger partial charge in [-0.25, -0.2) is 17.2 Å². The molecular formula is C11H10OWY-2. The van der Waals surface area contributed by atoms with Crippen molar-refractivity contribution in [2.75, 3.05) is 0 Å². The summed E-state index contributed by atoms with van der Waals surface area (Å²) in [6.07, 6.45) is 0. The Hall–Kier alpha value is 0.462. The van der Waals surface area contributed by atoms with E-state index in [1.165, 1.54) is 0 Å². The minimum Gasteiger partial charge on any atom is -0.277 e. The molecule has 0 N–H and O–H groups in total. The summed E-state index contributed by atoms with van der Waals surface area (Å²) in [5.41, 5.74) is 3.39. The fourth-order valence-corrected chi connectivity index (χ4v) is 1.05. The van der Waals surface area contributed by atoms with Crippen molar-refractivity contribution in [2.45, 2.75) is 20.8 Å². The number of benzene rings is 1. The monoisotopic (exact) mass is 431 g/mol. The summed E-state index contributed by atoms with van der Waals surface area (Å²) >= 11 is 0. The van der Waals surface area contributed by atoms with Crippen LogP contribution in [-0.4, -0.2) is 5.94 Å². The van der Waals surface area contributed by atoms with Crippen molar-refractivity contribution in [2.24, 2.45) is 0 Å². The van der Waals surface area contributed by atoms with Crippen molar-refractivity contribution in [3.8, 4) is 0 Å². The summed E-state index contributed by atoms with van der Waals surface area (Å²) in [7, 11) is 0. The first-order valence-electron chi connectivity index (χ1n) is 3.78. The summed E-state index contributed by atoms with van der Waals surface area (Å²) in [5, 5.41) is 0. The van der Waals surface area contributed by atoms with Gasteiger partial charge in [-0.15, -0.1) is 12.5 Å². The number of rotatable bonds is 1. The van der Waals surface area contributed by atoms with E-state index in [-0.39, 0.29) is 53.8 Å². The molecule has 0 atom stereocenters. The zero-order valence-electron chi connectivity index (χ0n) is 8.47. The van der Waals surface area contributed by atoms with Crippen LogP contribution in [0.25, 0.3) is 5.57 Å². The van der Waals surface area contributed by atoms with Gasteiger partial charge in [-0.1, -0.05) is 13.8 Å². The number of carbonyl (C=O) groups excluding carboxylic acids is 1. The molecule has 0 aliphatic carbocycles. The third kappa shape index (κ3) is 4.32. The third-order valence-corrected chi connectivity index (χ3v) is 1.74. The van der Waals surface area contributed by atoms with Crippen LogP contribution in [0.5, 0.6) is 0 Å². The second-order valence-electron chi connectivity index (χ2n) is 2.82. The molecule has 1 rings (SSSR count). The molecule has 14 heavy (non-hydrogen) atoms. The Morgan fingerprint density at radius 3 is 2.50 bits per heavy atom. The average molecular weight is 431 g/mol. The topological polar surface area (TPSA) is 17.1 Å². The SMILES string of the molecule is CC(=C=O)c1[c-]c(C)[c-]cc1C.[W].[Y]. The van der Waals surface area contributed by atoms with E-state index in [2.05, 4.69) is 12.1 Å². The van der Waals surface area contributed by atoms with Crippen LogP contribution >= 0.6 is 0 Å². The predicted molar refractivity (Wildman–Crippen MR) is 48.4 cm³/mol. The van der Waals surface area contributed by atoms with E-state index in [1.807, 2.05) is 25.9 Å². The Bertz CT molecular complexity index is 354. The maximum absolute atomic E-state index is 10.4. The van der Waals surface area contributed by atoms with Crippen molar-refractivity contribution >= 4 is 11.5 Å². The van der Waals surface area contributed by atoms with Gasteiger partial charge in [0.2, 0.25) is 0 Å². The quantitative estimate of drug-likeness (QED) is 0.493. The van der Waals surface area contributed by atoms with Gasteiger partial charge in [-0.3, -0.25) is 22.5 Å². The molecule has 1 nitrogen and oxygen atoms in total. The molecule has 71 valence electrons. The number of aryl methyl sites for hydroxylation is 2. The first-order chi connectivity index (χ1) is 5.65. The largest absolute Gasteiger partial charge is 0.277 e. The standard InChI is InChI=1S/C11H10O.W.Y/c1-8-4-5-9(2)11(6-8)10(3)7-12;;/h5H,1-3H3;;/q-2;;. The Kier molecular flexibility index (Phi) is 9.30. The molecule has 0 fully saturated rings. The van der Waals surface area contributed by atoms with Gasteiger partial charge in [0.15, 0.2) is 0 Å². The minimum atomic E-state index is 0. The predicted octanol–water partition coefficient (Wildman–Crippen LogP) is 2.13. The van der Waals surface area contributed by atoms with E-state index in [4.69, 9.17) is 0 Å². The Balaban J connectivity index is 0. The van der Waals surface area contributed by atoms with Crippen LogP contribution in [0.15, 0.2) is 6.07 Å². The summed E-state index contributed by atoms with van der Waals surface area (Å²) < 4.78 is 0. The van der Waals surface area contributed by atoms with Crippen molar-refractivity contribution in [3.05, 3.63) is 34.9 Å². The van der Waals surface area contributed by atoms with Gasteiger partial charge >= 0.3 is 0 Å². The van der Waals surface area contributed by atoms with Gasteiger partial charge in [0.1, 0.15) is 0 Å². The molecule has 1 aromatic rings. The molecule has 0 amide bonds. The van der Waals surface area contributed by atoms with Crippen LogP contribution in [0, 0.1) is 26.0 Å². The van der Waals surface area contributed by atoms with E-state index in [1.54, 1.807) is 6.92 Å². The van der Waals surface area contributed by atoms with Gasteiger partial charge in [-0.05, 0) is 0 Å². The van der Waals surface area contributed by atoms with E-state index in [0.717, 1.165) is 16.7 Å². The molecule has 0 unspecified atom stereocenters. The molecular weight excluding hydrogens is 421 g/mol. The number of hydrogen-bond acceptors (Lipinski definition) is 1. The van der Waals surface area contributed by atoms with Gasteiger partial charge in [0, 0.05) is 59.7 Å². The molecule has 0 aliphatic rings. The average Bonchev–Trinajstić information content (AvgIpc) is 2.08. The molecule has 0 bridgehead atoms. The van der Waals surface area contributed by atoms with Gasteiger partial charge < -0.3 is 0 Å². The summed E-state index contributed by atoms with van der Waals surface area (Å²) in [6, 6.07) is 7.95. The second kappa shape index (κ2) is 7.71. The van der Waals surface area contributed by atoms with Gasteiger partial charge in [0.05, 0.1) is 0 Å². The molecule has 0 spiro atoms. The third-order valence-electron chi connectivity index (χ3n) is 1.74. The van der Waals surface area contributed by atoms with Crippen molar-refractivity contribution in [3.63, 3.8) is 0 Å². The molecule has 0 saturated carbocycles. The maximum Gasteiger partial charge on any atom is 0.0263 e. The zero-order valence-corrected chi connectivity index (χ0v) is 14.2. The van der Waals surface area contributed by atoms with E-state index in [9.17, 15) is 4.79 Å². The number of allylic oxidation sites excluding steroid dienone is 1. The first-order valence-corrected chi connectivity index (χ1v) is 3.78. The molecule has 3 heteroatoms. The first kappa shape index (κ1) is 16.9. The summed E-state index contributed by atoms with van der Waals surface area (Å²) in [6.45, 7) is 5.58. The van der Waals surface area contributed by atoms with Crippen molar-refractivity contribution in [1.29, 1.82) is 0 Å². The van der Waals surface area contributed by atoms with Crippen molar-refractivity contribution < 1.29 is 58.6 Å². The van der Waals surface area contributed by atoms with Crippen LogP contribution in [0.3, 0.4) is 0 Å². The molecule has 0 saturated heterocycles. The van der Waals surface area contributed by atoms with Crippen LogP contribution in [0.4, 0.5) is 0 Å². The minimum absolute atomic E-state index is 0. The van der Waals surface area contributed by atoms with E-state index in [0.29, 0.717) is 5.57 Å². The molecule has 0 aromatic heterocycles. The smallest absolute Gasteiger partial charge is 0.0263 e. The normalized spacial score (nSPS) is 7.93. The fraction of sp³-hybridized carbons (Fsp3) is 0.273. The molecule has 1 radical (unpaired) electrons. The summed E-state index contributed by atoms with van der Waals surface area (Å²) in [5.74, 6) is 1.87. The Morgan fingerprint density at radius 1 is 1.43 bits per heavy atom. The van der Waals surface area contributed by atoms with E-state index >= 15 is 0 Å².